The summed E-state index contributed by atoms with van der Waals surface area (Å²) in [7, 11) is 0. The molecule has 0 aliphatic heterocycles. The van der Waals surface area contributed by atoms with E-state index in [2.05, 4.69) is 5.32 Å². The summed E-state index contributed by atoms with van der Waals surface area (Å²) in [4.78, 5) is 35.6. The first-order chi connectivity index (χ1) is 10.9. The fraction of sp³-hybridized carbons (Fsp3) is 0.0625. The molecule has 0 spiro atoms. The van der Waals surface area contributed by atoms with Crippen molar-refractivity contribution < 1.29 is 14.4 Å². The molecule has 0 aliphatic carbocycles. The topological polar surface area (TPSA) is 127 Å². The molecular formula is C16H16N4O3. The van der Waals surface area contributed by atoms with Crippen LogP contribution in [0.5, 0.6) is 0 Å². The van der Waals surface area contributed by atoms with Crippen LogP contribution in [0.15, 0.2) is 42.5 Å². The number of carbonyl (C=O) groups is 3. The van der Waals surface area contributed by atoms with E-state index in [1.807, 2.05) is 12.2 Å². The number of nitrogens with one attached hydrogen (secondary N) is 2. The van der Waals surface area contributed by atoms with Crippen molar-refractivity contribution in [3.63, 3.8) is 0 Å². The zero-order valence-electron chi connectivity index (χ0n) is 12.4. The predicted molar refractivity (Wildman–Crippen MR) is 87.5 cm³/mol. The minimum Gasteiger partial charge on any atom is -0.398 e. The van der Waals surface area contributed by atoms with Crippen LogP contribution in [0.4, 0.5) is 17.1 Å². The number of carbonyl (C=O) groups excluding carboxylic acids is 3. The van der Waals surface area contributed by atoms with Crippen molar-refractivity contribution in [3.05, 3.63) is 53.6 Å². The minimum atomic E-state index is -1.10. The summed E-state index contributed by atoms with van der Waals surface area (Å²) in [6.07, 6.45) is 0. The van der Waals surface area contributed by atoms with Crippen molar-refractivity contribution >= 4 is 34.8 Å². The Hall–Kier alpha value is -3.35. The number of para-hydroxylation sites is 1. The molecule has 0 unspecified atom stereocenters. The van der Waals surface area contributed by atoms with Crippen LogP contribution in [0.3, 0.4) is 0 Å². The molecule has 118 valence electrons. The molecule has 3 amide bonds. The number of aryl methyl sites for hydroxylation is 1. The molecule has 2 aromatic rings. The highest BCUT2D eigenvalue weighted by Gasteiger charge is 2.19. The van der Waals surface area contributed by atoms with Gasteiger partial charge in [-0.25, -0.2) is 0 Å². The van der Waals surface area contributed by atoms with Gasteiger partial charge >= 0.3 is 11.8 Å². The van der Waals surface area contributed by atoms with E-state index >= 15 is 0 Å². The van der Waals surface area contributed by atoms with Gasteiger partial charge in [-0.1, -0.05) is 18.2 Å². The number of nitrogens with two attached hydrogens (primary N) is 2. The quantitative estimate of drug-likeness (QED) is 0.487. The first-order valence-corrected chi connectivity index (χ1v) is 6.76. The highest BCUT2D eigenvalue weighted by Crippen LogP contribution is 2.19. The van der Waals surface area contributed by atoms with Crippen molar-refractivity contribution in [2.24, 2.45) is 0 Å². The molecule has 0 atom stereocenters. The molecule has 7 heteroatoms. The molecular weight excluding hydrogens is 296 g/mol. The van der Waals surface area contributed by atoms with Crippen LogP contribution >= 0.6 is 0 Å². The second kappa shape index (κ2) is 6.61. The lowest BCUT2D eigenvalue weighted by molar-refractivity contribution is -0.135. The van der Waals surface area contributed by atoms with Gasteiger partial charge in [0.1, 0.15) is 0 Å². The molecule has 2 rings (SSSR count). The molecule has 0 radical (unpaired) electrons. The molecule has 0 saturated carbocycles. The van der Waals surface area contributed by atoms with Gasteiger partial charge in [0, 0.05) is 5.69 Å². The smallest absolute Gasteiger partial charge is 0.316 e. The molecule has 23 heavy (non-hydrogen) atoms. The molecule has 0 aromatic heterocycles. The van der Waals surface area contributed by atoms with Gasteiger partial charge < -0.3 is 16.8 Å². The minimum absolute atomic E-state index is 0.114. The van der Waals surface area contributed by atoms with E-state index < -0.39 is 17.7 Å². The average molecular weight is 312 g/mol. The molecule has 0 bridgehead atoms. The summed E-state index contributed by atoms with van der Waals surface area (Å²) in [6.45, 7) is 1.84. The number of nitrogen functional groups attached to an aromatic ring is 2. The molecule has 6 N–H and O–H groups in total. The van der Waals surface area contributed by atoms with Gasteiger partial charge in [0.2, 0.25) is 0 Å². The van der Waals surface area contributed by atoms with Crippen LogP contribution in [0.25, 0.3) is 0 Å². The third-order valence-corrected chi connectivity index (χ3v) is 3.09. The van der Waals surface area contributed by atoms with Gasteiger partial charge in [-0.05, 0) is 36.8 Å². The number of anilines is 3. The van der Waals surface area contributed by atoms with Crippen LogP contribution < -0.4 is 22.1 Å². The summed E-state index contributed by atoms with van der Waals surface area (Å²) in [5.41, 5.74) is 13.3. The molecule has 0 aliphatic rings. The Balaban J connectivity index is 2.04. The lowest BCUT2D eigenvalue weighted by Crippen LogP contribution is -2.39. The fourth-order valence-electron chi connectivity index (χ4n) is 1.91. The van der Waals surface area contributed by atoms with E-state index in [0.29, 0.717) is 11.4 Å². The van der Waals surface area contributed by atoms with Crippen LogP contribution in [-0.2, 0) is 9.59 Å². The summed E-state index contributed by atoms with van der Waals surface area (Å²) in [5, 5.41) is 4.33. The first kappa shape index (κ1) is 16.0. The maximum Gasteiger partial charge on any atom is 0.316 e. The number of imide groups is 1. The van der Waals surface area contributed by atoms with Crippen molar-refractivity contribution in [2.75, 3.05) is 16.8 Å². The van der Waals surface area contributed by atoms with Gasteiger partial charge in [-0.15, -0.1) is 0 Å². The van der Waals surface area contributed by atoms with Crippen molar-refractivity contribution in [1.29, 1.82) is 0 Å². The summed E-state index contributed by atoms with van der Waals surface area (Å²) < 4.78 is 0. The third-order valence-electron chi connectivity index (χ3n) is 3.09. The van der Waals surface area contributed by atoms with Gasteiger partial charge in [0.05, 0.1) is 16.9 Å². The van der Waals surface area contributed by atoms with E-state index in [-0.39, 0.29) is 11.3 Å². The van der Waals surface area contributed by atoms with Gasteiger partial charge in [0.15, 0.2) is 0 Å². The highest BCUT2D eigenvalue weighted by molar-refractivity contribution is 6.42. The summed E-state index contributed by atoms with van der Waals surface area (Å²) >= 11 is 0. The number of hydrogen-bond acceptors (Lipinski definition) is 5. The predicted octanol–water partition coefficient (Wildman–Crippen LogP) is 1.05. The maximum atomic E-state index is 11.9. The maximum absolute atomic E-state index is 11.9. The molecule has 2 aromatic carbocycles. The SMILES string of the molecule is Cc1ccc(NC(=O)C(=O)NC(=O)c2ccccc2N)c(N)c1. The Bertz CT molecular complexity index is 787. The van der Waals surface area contributed by atoms with E-state index in [1.54, 1.807) is 30.3 Å². The fourth-order valence-corrected chi connectivity index (χ4v) is 1.91. The third kappa shape index (κ3) is 3.85. The van der Waals surface area contributed by atoms with Crippen LogP contribution in [-0.4, -0.2) is 17.7 Å². The Kier molecular flexibility index (Phi) is 4.61. The number of amides is 3. The van der Waals surface area contributed by atoms with E-state index in [0.717, 1.165) is 5.56 Å². The van der Waals surface area contributed by atoms with E-state index in [9.17, 15) is 14.4 Å². The van der Waals surface area contributed by atoms with E-state index in [1.165, 1.54) is 12.1 Å². The second-order valence-electron chi connectivity index (χ2n) is 4.92. The van der Waals surface area contributed by atoms with Crippen molar-refractivity contribution in [1.82, 2.24) is 5.32 Å². The van der Waals surface area contributed by atoms with Crippen molar-refractivity contribution in [2.45, 2.75) is 6.92 Å². The number of rotatable bonds is 2. The van der Waals surface area contributed by atoms with Gasteiger partial charge in [-0.3, -0.25) is 19.7 Å². The monoisotopic (exact) mass is 312 g/mol. The Morgan fingerprint density at radius 2 is 1.61 bits per heavy atom. The normalized spacial score (nSPS) is 9.96. The molecule has 0 saturated heterocycles. The standard InChI is InChI=1S/C16H16N4O3/c1-9-6-7-13(12(18)8-9)19-15(22)16(23)20-14(21)10-4-2-3-5-11(10)17/h2-8H,17-18H2,1H3,(H,19,22)(H,20,21,23). The van der Waals surface area contributed by atoms with Crippen LogP contribution in [0, 0.1) is 6.92 Å². The van der Waals surface area contributed by atoms with Gasteiger partial charge in [-0.2, -0.15) is 0 Å². The second-order valence-corrected chi connectivity index (χ2v) is 4.92. The Morgan fingerprint density at radius 3 is 2.26 bits per heavy atom. The first-order valence-electron chi connectivity index (χ1n) is 6.76. The van der Waals surface area contributed by atoms with Crippen LogP contribution in [0.1, 0.15) is 15.9 Å². The highest BCUT2D eigenvalue weighted by atomic mass is 16.2. The number of hydrogen-bond donors (Lipinski definition) is 4. The van der Waals surface area contributed by atoms with Crippen molar-refractivity contribution in [3.8, 4) is 0 Å². The molecule has 0 heterocycles. The lowest BCUT2D eigenvalue weighted by atomic mass is 10.1. The van der Waals surface area contributed by atoms with Gasteiger partial charge in [0.25, 0.3) is 5.91 Å². The summed E-state index contributed by atoms with van der Waals surface area (Å²) in [6, 6.07) is 11.2. The summed E-state index contributed by atoms with van der Waals surface area (Å²) in [5.74, 6) is -2.85. The molecule has 7 nitrogen and oxygen atoms in total. The largest absolute Gasteiger partial charge is 0.398 e. The molecule has 0 fully saturated rings. The average Bonchev–Trinajstić information content (AvgIpc) is 2.50. The Morgan fingerprint density at radius 1 is 0.913 bits per heavy atom. The zero-order valence-corrected chi connectivity index (χ0v) is 12.4. The van der Waals surface area contributed by atoms with Crippen LogP contribution in [0.2, 0.25) is 0 Å². The van der Waals surface area contributed by atoms with E-state index in [4.69, 9.17) is 11.5 Å². The zero-order chi connectivity index (χ0) is 17.0. The lowest BCUT2D eigenvalue weighted by Gasteiger charge is -2.09. The Labute approximate surface area is 132 Å². The number of benzene rings is 2.